The summed E-state index contributed by atoms with van der Waals surface area (Å²) in [5, 5.41) is 2.90. The summed E-state index contributed by atoms with van der Waals surface area (Å²) in [5.41, 5.74) is 2.36. The highest BCUT2D eigenvalue weighted by Gasteiger charge is 2.36. The Bertz CT molecular complexity index is 634. The van der Waals surface area contributed by atoms with Gasteiger partial charge in [0.1, 0.15) is 0 Å². The Hall–Kier alpha value is -0.870. The number of nitrogens with one attached hydrogen (secondary N) is 1. The van der Waals surface area contributed by atoms with E-state index in [-0.39, 0.29) is 5.91 Å². The van der Waals surface area contributed by atoms with E-state index in [4.69, 9.17) is 0 Å². The molecule has 0 spiro atoms. The molecule has 124 valence electrons. The lowest BCUT2D eigenvalue weighted by Gasteiger charge is -2.04. The maximum absolute atomic E-state index is 11.7. The van der Waals surface area contributed by atoms with Crippen molar-refractivity contribution < 1.29 is 4.79 Å². The summed E-state index contributed by atoms with van der Waals surface area (Å²) in [4.78, 5) is 11.7. The second-order valence-corrected chi connectivity index (χ2v) is 8.27. The van der Waals surface area contributed by atoms with Gasteiger partial charge in [-0.25, -0.2) is 0 Å². The number of allylic oxidation sites excluding steroid dienone is 3. The Labute approximate surface area is 155 Å². The van der Waals surface area contributed by atoms with Gasteiger partial charge in [0.25, 0.3) is 0 Å². The van der Waals surface area contributed by atoms with Crippen LogP contribution in [0.1, 0.15) is 38.7 Å². The van der Waals surface area contributed by atoms with Crippen LogP contribution in [0.3, 0.4) is 0 Å². The summed E-state index contributed by atoms with van der Waals surface area (Å²) < 4.78 is 2.18. The number of carbonyl (C=O) groups excluding carboxylic acids is 1. The fraction of sp³-hybridized carbons (Fsp3) is 0.421. The van der Waals surface area contributed by atoms with Crippen molar-refractivity contribution in [1.82, 2.24) is 5.32 Å². The molecule has 1 aromatic rings. The number of benzene rings is 1. The number of carbonyl (C=O) groups is 1. The number of hydrogen-bond donors (Lipinski definition) is 1. The fourth-order valence-corrected chi connectivity index (χ4v) is 3.08. The Morgan fingerprint density at radius 2 is 2.09 bits per heavy atom. The average molecular weight is 441 g/mol. The van der Waals surface area contributed by atoms with Crippen molar-refractivity contribution in [3.63, 3.8) is 0 Å². The maximum Gasteiger partial charge on any atom is 0.244 e. The summed E-state index contributed by atoms with van der Waals surface area (Å²) in [6.07, 6.45) is 7.14. The molecule has 1 aliphatic carbocycles. The largest absolute Gasteiger partial charge is 0.352 e. The van der Waals surface area contributed by atoms with Crippen LogP contribution in [-0.4, -0.2) is 12.5 Å². The minimum Gasteiger partial charge on any atom is -0.352 e. The van der Waals surface area contributed by atoms with Gasteiger partial charge in [-0.15, -0.1) is 0 Å². The van der Waals surface area contributed by atoms with Gasteiger partial charge < -0.3 is 5.32 Å². The van der Waals surface area contributed by atoms with E-state index in [0.717, 1.165) is 21.1 Å². The summed E-state index contributed by atoms with van der Waals surface area (Å²) in [6.45, 7) is 6.86. The van der Waals surface area contributed by atoms with Crippen LogP contribution in [-0.2, 0) is 4.79 Å². The van der Waals surface area contributed by atoms with Gasteiger partial charge in [0, 0.05) is 21.6 Å². The molecule has 2 rings (SSSR count). The molecule has 1 amide bonds. The van der Waals surface area contributed by atoms with Crippen LogP contribution in [0.15, 0.2) is 50.9 Å². The first-order valence-corrected chi connectivity index (χ1v) is 9.54. The average Bonchev–Trinajstić information content (AvgIpc) is 3.25. The first kappa shape index (κ1) is 18.5. The van der Waals surface area contributed by atoms with Gasteiger partial charge in [-0.3, -0.25) is 4.79 Å². The molecule has 0 bridgehead atoms. The molecule has 0 aromatic heterocycles. The Balaban J connectivity index is 1.87. The van der Waals surface area contributed by atoms with Gasteiger partial charge >= 0.3 is 0 Å². The van der Waals surface area contributed by atoms with Gasteiger partial charge in [0.05, 0.1) is 0 Å². The zero-order chi connectivity index (χ0) is 17.0. The summed E-state index contributed by atoms with van der Waals surface area (Å²) >= 11 is 7.06. The molecular weight excluding hydrogens is 418 g/mol. The Morgan fingerprint density at radius 3 is 2.74 bits per heavy atom. The molecule has 0 saturated heterocycles. The van der Waals surface area contributed by atoms with Crippen molar-refractivity contribution in [3.05, 3.63) is 56.5 Å². The first-order valence-electron chi connectivity index (χ1n) is 7.96. The van der Waals surface area contributed by atoms with Gasteiger partial charge in [-0.05, 0) is 86.2 Å². The molecule has 2 unspecified atom stereocenters. The third-order valence-electron chi connectivity index (χ3n) is 3.86. The lowest BCUT2D eigenvalue weighted by molar-refractivity contribution is -0.116. The molecule has 0 heterocycles. The predicted molar refractivity (Wildman–Crippen MR) is 103 cm³/mol. The molecule has 1 aromatic carbocycles. The number of halogens is 2. The van der Waals surface area contributed by atoms with Crippen molar-refractivity contribution in [3.8, 4) is 0 Å². The van der Waals surface area contributed by atoms with Gasteiger partial charge in [0.15, 0.2) is 0 Å². The van der Waals surface area contributed by atoms with Crippen molar-refractivity contribution in [1.29, 1.82) is 0 Å². The quantitative estimate of drug-likeness (QED) is 0.453. The van der Waals surface area contributed by atoms with Crippen molar-refractivity contribution >= 4 is 37.8 Å². The number of hydrogen-bond acceptors (Lipinski definition) is 1. The van der Waals surface area contributed by atoms with Crippen molar-refractivity contribution in [2.75, 3.05) is 6.54 Å². The Morgan fingerprint density at radius 1 is 1.35 bits per heavy atom. The molecule has 4 heteroatoms. The summed E-state index contributed by atoms with van der Waals surface area (Å²) in [5.74, 6) is 1.63. The monoisotopic (exact) mass is 439 g/mol. The topological polar surface area (TPSA) is 29.1 Å². The molecule has 1 aliphatic rings. The van der Waals surface area contributed by atoms with E-state index in [0.29, 0.717) is 17.8 Å². The molecule has 1 fully saturated rings. The van der Waals surface area contributed by atoms with Crippen LogP contribution in [0.5, 0.6) is 0 Å². The second-order valence-electron chi connectivity index (χ2n) is 6.57. The molecular formula is C19H23Br2NO. The smallest absolute Gasteiger partial charge is 0.244 e. The third kappa shape index (κ3) is 5.92. The van der Waals surface area contributed by atoms with E-state index in [1.165, 1.54) is 12.0 Å². The van der Waals surface area contributed by atoms with E-state index in [1.807, 2.05) is 6.92 Å². The molecule has 23 heavy (non-hydrogen) atoms. The summed E-state index contributed by atoms with van der Waals surface area (Å²) in [6, 6.07) is 6.45. The van der Waals surface area contributed by atoms with Crippen molar-refractivity contribution in [2.45, 2.75) is 33.1 Å². The van der Waals surface area contributed by atoms with Crippen LogP contribution in [0.25, 0.3) is 0 Å². The second kappa shape index (κ2) is 8.29. The van der Waals surface area contributed by atoms with E-state index in [2.05, 4.69) is 81.4 Å². The van der Waals surface area contributed by atoms with Gasteiger partial charge in [0.2, 0.25) is 5.91 Å². The minimum absolute atomic E-state index is 0.00922. The standard InChI is InChI=1S/C19H23Br2NO/c1-12(2)11-22-19(23)8-13(3)4-5-14-9-16(14)15-6-7-17(20)18(21)10-15/h4-8,10,12,14,16H,9,11H2,1-3H3,(H,22,23)/b5-4+,13-8+. The highest BCUT2D eigenvalue weighted by Crippen LogP contribution is 2.49. The highest BCUT2D eigenvalue weighted by molar-refractivity contribution is 9.13. The fourth-order valence-electron chi connectivity index (χ4n) is 2.44. The molecule has 0 aliphatic heterocycles. The molecule has 0 radical (unpaired) electrons. The Kier molecular flexibility index (Phi) is 6.66. The van der Waals surface area contributed by atoms with E-state index < -0.39 is 0 Å². The minimum atomic E-state index is -0.00922. The van der Waals surface area contributed by atoms with Crippen LogP contribution < -0.4 is 5.32 Å². The normalized spacial score (nSPS) is 21.0. The molecule has 1 N–H and O–H groups in total. The van der Waals surface area contributed by atoms with E-state index in [1.54, 1.807) is 6.08 Å². The van der Waals surface area contributed by atoms with E-state index in [9.17, 15) is 4.79 Å². The lowest BCUT2D eigenvalue weighted by atomic mass is 10.1. The highest BCUT2D eigenvalue weighted by atomic mass is 79.9. The van der Waals surface area contributed by atoms with Crippen LogP contribution in [0, 0.1) is 11.8 Å². The van der Waals surface area contributed by atoms with E-state index >= 15 is 0 Å². The zero-order valence-electron chi connectivity index (χ0n) is 13.8. The lowest BCUT2D eigenvalue weighted by Crippen LogP contribution is -2.25. The third-order valence-corrected chi connectivity index (χ3v) is 5.74. The van der Waals surface area contributed by atoms with Crippen molar-refractivity contribution in [2.24, 2.45) is 11.8 Å². The molecule has 2 atom stereocenters. The van der Waals surface area contributed by atoms with Crippen LogP contribution >= 0.6 is 31.9 Å². The molecule has 2 nitrogen and oxygen atoms in total. The summed E-state index contributed by atoms with van der Waals surface area (Å²) in [7, 11) is 0. The van der Waals surface area contributed by atoms with Gasteiger partial charge in [-0.1, -0.05) is 32.1 Å². The predicted octanol–water partition coefficient (Wildman–Crippen LogP) is 5.59. The number of rotatable bonds is 6. The zero-order valence-corrected chi connectivity index (χ0v) is 16.9. The molecule has 1 saturated carbocycles. The number of amides is 1. The van der Waals surface area contributed by atoms with Gasteiger partial charge in [-0.2, -0.15) is 0 Å². The first-order chi connectivity index (χ1) is 10.9. The maximum atomic E-state index is 11.7. The van der Waals surface area contributed by atoms with Crippen LogP contribution in [0.4, 0.5) is 0 Å². The SMILES string of the molecule is CC(/C=C/C1CC1c1ccc(Br)c(Br)c1)=C\C(=O)NCC(C)C. The van der Waals surface area contributed by atoms with Crippen LogP contribution in [0.2, 0.25) is 0 Å².